The number of nitrogens with zero attached hydrogens (tertiary/aromatic N) is 2. The van der Waals surface area contributed by atoms with Crippen molar-refractivity contribution >= 4 is 11.8 Å². The van der Waals surface area contributed by atoms with E-state index in [4.69, 9.17) is 0 Å². The van der Waals surface area contributed by atoms with E-state index in [0.717, 1.165) is 25.9 Å². The maximum Gasteiger partial charge on any atom is 0.237 e. The van der Waals surface area contributed by atoms with Crippen LogP contribution in [0.2, 0.25) is 0 Å². The van der Waals surface area contributed by atoms with Crippen molar-refractivity contribution in [3.63, 3.8) is 0 Å². The quantitative estimate of drug-likeness (QED) is 0.647. The van der Waals surface area contributed by atoms with Crippen molar-refractivity contribution in [3.05, 3.63) is 35.9 Å². The summed E-state index contributed by atoms with van der Waals surface area (Å²) in [6.07, 6.45) is 3.16. The minimum Gasteiger partial charge on any atom is -0.393 e. The fourth-order valence-corrected chi connectivity index (χ4v) is 4.81. The molecule has 0 aromatic heterocycles. The SMILES string of the molecule is O=C1NCC(CCC(=O)N2CCC(O)CC2)N2CC(NCc3ccccc3)CC12. The number of aliphatic hydroxyl groups excluding tert-OH is 1. The maximum absolute atomic E-state index is 12.6. The summed E-state index contributed by atoms with van der Waals surface area (Å²) in [4.78, 5) is 29.1. The topological polar surface area (TPSA) is 84.9 Å². The van der Waals surface area contributed by atoms with Gasteiger partial charge in [0.05, 0.1) is 12.1 Å². The number of rotatable bonds is 6. The molecule has 7 heteroatoms. The lowest BCUT2D eigenvalue weighted by Gasteiger charge is -2.37. The lowest BCUT2D eigenvalue weighted by Crippen LogP contribution is -2.58. The molecule has 0 spiro atoms. The zero-order valence-electron chi connectivity index (χ0n) is 16.9. The summed E-state index contributed by atoms with van der Waals surface area (Å²) >= 11 is 0. The number of piperazine rings is 1. The molecule has 3 aliphatic heterocycles. The standard InChI is InChI=1S/C22H32N4O3/c27-19-8-10-25(11-9-19)21(28)7-6-18-14-24-22(29)20-12-17(15-26(18)20)23-13-16-4-2-1-3-5-16/h1-5,17-20,23,27H,6-15H2,(H,24,29). The molecule has 2 amide bonds. The van der Waals surface area contributed by atoms with Gasteiger partial charge in [-0.2, -0.15) is 0 Å². The van der Waals surface area contributed by atoms with Crippen LogP contribution in [0.1, 0.15) is 37.7 Å². The van der Waals surface area contributed by atoms with Crippen LogP contribution >= 0.6 is 0 Å². The lowest BCUT2D eigenvalue weighted by molar-refractivity contribution is -0.134. The molecule has 7 nitrogen and oxygen atoms in total. The number of carbonyl (C=O) groups excluding carboxylic acids is 2. The molecule has 3 N–H and O–H groups in total. The van der Waals surface area contributed by atoms with Crippen LogP contribution in [-0.2, 0) is 16.1 Å². The van der Waals surface area contributed by atoms with E-state index in [9.17, 15) is 14.7 Å². The predicted molar refractivity (Wildman–Crippen MR) is 110 cm³/mol. The monoisotopic (exact) mass is 400 g/mol. The first kappa shape index (κ1) is 20.3. The number of fused-ring (bicyclic) bond motifs is 1. The Bertz CT molecular complexity index is 705. The summed E-state index contributed by atoms with van der Waals surface area (Å²) < 4.78 is 0. The van der Waals surface area contributed by atoms with Crippen molar-refractivity contribution in [3.8, 4) is 0 Å². The smallest absolute Gasteiger partial charge is 0.237 e. The number of carbonyl (C=O) groups is 2. The molecule has 3 fully saturated rings. The van der Waals surface area contributed by atoms with Crippen LogP contribution < -0.4 is 10.6 Å². The molecular weight excluding hydrogens is 368 g/mol. The zero-order chi connectivity index (χ0) is 20.2. The summed E-state index contributed by atoms with van der Waals surface area (Å²) in [6.45, 7) is 3.57. The van der Waals surface area contributed by atoms with Gasteiger partial charge >= 0.3 is 0 Å². The van der Waals surface area contributed by atoms with Crippen LogP contribution in [0.4, 0.5) is 0 Å². The molecule has 3 atom stereocenters. The Balaban J connectivity index is 1.28. The van der Waals surface area contributed by atoms with Crippen LogP contribution in [0.5, 0.6) is 0 Å². The van der Waals surface area contributed by atoms with Crippen LogP contribution in [0, 0.1) is 0 Å². The molecule has 1 aromatic carbocycles. The van der Waals surface area contributed by atoms with E-state index in [0.29, 0.717) is 38.9 Å². The molecule has 0 bridgehead atoms. The normalized spacial score (nSPS) is 28.2. The molecule has 29 heavy (non-hydrogen) atoms. The van der Waals surface area contributed by atoms with Gasteiger partial charge in [0.1, 0.15) is 0 Å². The summed E-state index contributed by atoms with van der Waals surface area (Å²) in [6, 6.07) is 10.7. The predicted octanol–water partition coefficient (Wildman–Crippen LogP) is 0.481. The second kappa shape index (κ2) is 9.24. The molecule has 3 saturated heterocycles. The molecule has 158 valence electrons. The molecular formula is C22H32N4O3. The number of amides is 2. The van der Waals surface area contributed by atoms with Gasteiger partial charge in [0.25, 0.3) is 0 Å². The Morgan fingerprint density at radius 1 is 1.21 bits per heavy atom. The van der Waals surface area contributed by atoms with Crippen LogP contribution in [0.15, 0.2) is 30.3 Å². The first-order valence-corrected chi connectivity index (χ1v) is 10.9. The second-order valence-electron chi connectivity index (χ2n) is 8.56. The van der Waals surface area contributed by atoms with Gasteiger partial charge in [-0.3, -0.25) is 14.5 Å². The van der Waals surface area contributed by atoms with Gasteiger partial charge < -0.3 is 20.6 Å². The minimum atomic E-state index is -0.265. The van der Waals surface area contributed by atoms with Crippen molar-refractivity contribution < 1.29 is 14.7 Å². The maximum atomic E-state index is 12.6. The highest BCUT2D eigenvalue weighted by atomic mass is 16.3. The molecule has 3 aliphatic rings. The summed E-state index contributed by atoms with van der Waals surface area (Å²) in [5, 5.41) is 16.3. The molecule has 0 saturated carbocycles. The summed E-state index contributed by atoms with van der Waals surface area (Å²) in [7, 11) is 0. The van der Waals surface area contributed by atoms with Crippen molar-refractivity contribution in [2.24, 2.45) is 0 Å². The molecule has 4 rings (SSSR count). The van der Waals surface area contributed by atoms with Crippen LogP contribution in [0.25, 0.3) is 0 Å². The number of nitrogens with one attached hydrogen (secondary N) is 2. The highest BCUT2D eigenvalue weighted by Gasteiger charge is 2.43. The molecule has 3 heterocycles. The van der Waals surface area contributed by atoms with E-state index >= 15 is 0 Å². The van der Waals surface area contributed by atoms with Crippen molar-refractivity contribution in [2.75, 3.05) is 26.2 Å². The molecule has 0 aliphatic carbocycles. The van der Waals surface area contributed by atoms with E-state index in [1.165, 1.54) is 5.56 Å². The van der Waals surface area contributed by atoms with Crippen molar-refractivity contribution in [2.45, 2.75) is 62.9 Å². The third-order valence-electron chi connectivity index (χ3n) is 6.57. The zero-order valence-corrected chi connectivity index (χ0v) is 16.9. The van der Waals surface area contributed by atoms with Crippen molar-refractivity contribution in [1.29, 1.82) is 0 Å². The van der Waals surface area contributed by atoms with Crippen LogP contribution in [-0.4, -0.2) is 77.1 Å². The van der Waals surface area contributed by atoms with Crippen LogP contribution in [0.3, 0.4) is 0 Å². The highest BCUT2D eigenvalue weighted by molar-refractivity contribution is 5.83. The summed E-state index contributed by atoms with van der Waals surface area (Å²) in [5.41, 5.74) is 1.25. The van der Waals surface area contributed by atoms with Gasteiger partial charge in [-0.25, -0.2) is 0 Å². The van der Waals surface area contributed by atoms with Crippen molar-refractivity contribution in [1.82, 2.24) is 20.4 Å². The average molecular weight is 401 g/mol. The van der Waals surface area contributed by atoms with Gasteiger partial charge in [0, 0.05) is 51.2 Å². The fourth-order valence-electron chi connectivity index (χ4n) is 4.81. The van der Waals surface area contributed by atoms with Gasteiger partial charge in [-0.1, -0.05) is 30.3 Å². The Morgan fingerprint density at radius 3 is 2.72 bits per heavy atom. The van der Waals surface area contributed by atoms with E-state index in [1.807, 2.05) is 23.1 Å². The molecule has 0 radical (unpaired) electrons. The number of likely N-dealkylation sites (tertiary alicyclic amines) is 1. The summed E-state index contributed by atoms with van der Waals surface area (Å²) in [5.74, 6) is 0.282. The number of benzene rings is 1. The van der Waals surface area contributed by atoms with E-state index in [-0.39, 0.29) is 36.0 Å². The van der Waals surface area contributed by atoms with Gasteiger partial charge in [0.15, 0.2) is 0 Å². The van der Waals surface area contributed by atoms with Gasteiger partial charge in [0.2, 0.25) is 11.8 Å². The minimum absolute atomic E-state index is 0.0951. The number of hydrogen-bond donors (Lipinski definition) is 3. The number of hydrogen-bond acceptors (Lipinski definition) is 5. The van der Waals surface area contributed by atoms with E-state index in [2.05, 4.69) is 27.7 Å². The Morgan fingerprint density at radius 2 is 1.97 bits per heavy atom. The number of aliphatic hydroxyl groups is 1. The van der Waals surface area contributed by atoms with E-state index in [1.54, 1.807) is 0 Å². The Kier molecular flexibility index (Phi) is 6.47. The van der Waals surface area contributed by atoms with E-state index < -0.39 is 0 Å². The van der Waals surface area contributed by atoms with Gasteiger partial charge in [-0.05, 0) is 31.2 Å². The second-order valence-corrected chi connectivity index (χ2v) is 8.56. The Hall–Kier alpha value is -1.96. The third kappa shape index (κ3) is 4.97. The Labute approximate surface area is 172 Å². The largest absolute Gasteiger partial charge is 0.393 e. The average Bonchev–Trinajstić information content (AvgIpc) is 3.18. The fraction of sp³-hybridized carbons (Fsp3) is 0.636. The third-order valence-corrected chi connectivity index (χ3v) is 6.57. The highest BCUT2D eigenvalue weighted by Crippen LogP contribution is 2.26. The molecule has 1 aromatic rings. The number of piperidine rings is 1. The molecule has 3 unspecified atom stereocenters. The van der Waals surface area contributed by atoms with Gasteiger partial charge in [-0.15, -0.1) is 0 Å². The first-order chi connectivity index (χ1) is 14.1. The lowest BCUT2D eigenvalue weighted by atomic mass is 10.0. The first-order valence-electron chi connectivity index (χ1n) is 10.9.